The Kier molecular flexibility index (Phi) is 3.74. The minimum Gasteiger partial charge on any atom is -0.507 e. The molecule has 0 atom stereocenters. The van der Waals surface area contributed by atoms with Crippen molar-refractivity contribution in [2.75, 3.05) is 10.6 Å². The zero-order valence-electron chi connectivity index (χ0n) is 13.5. The number of fused-ring (bicyclic) bond motifs is 2. The average Bonchev–Trinajstić information content (AvgIpc) is 3.10. The number of hydrogen-bond acceptors (Lipinski definition) is 4. The Labute approximate surface area is 147 Å². The van der Waals surface area contributed by atoms with Crippen molar-refractivity contribution in [1.29, 1.82) is 0 Å². The van der Waals surface area contributed by atoms with E-state index in [0.717, 1.165) is 11.0 Å². The van der Waals surface area contributed by atoms with Crippen molar-refractivity contribution in [2.24, 2.45) is 0 Å². The van der Waals surface area contributed by atoms with E-state index in [9.17, 15) is 14.7 Å². The highest BCUT2D eigenvalue weighted by molar-refractivity contribution is 6.44. The van der Waals surface area contributed by atoms with E-state index >= 15 is 0 Å². The van der Waals surface area contributed by atoms with Crippen LogP contribution in [0.4, 0.5) is 11.4 Å². The maximum absolute atomic E-state index is 12.3. The van der Waals surface area contributed by atoms with Crippen LogP contribution in [0.15, 0.2) is 60.9 Å². The van der Waals surface area contributed by atoms with Gasteiger partial charge in [0.15, 0.2) is 0 Å². The number of carbonyl (C=O) groups excluding carboxylic acids is 2. The highest BCUT2D eigenvalue weighted by Crippen LogP contribution is 2.29. The van der Waals surface area contributed by atoms with E-state index in [1.165, 1.54) is 0 Å². The molecule has 0 radical (unpaired) electrons. The molecular formula is C19H14N4O3. The van der Waals surface area contributed by atoms with Crippen molar-refractivity contribution in [3.8, 4) is 5.75 Å². The topological polar surface area (TPSA) is 107 Å². The second-order valence-corrected chi connectivity index (χ2v) is 5.72. The molecule has 0 saturated carbocycles. The third kappa shape index (κ3) is 2.82. The molecule has 7 nitrogen and oxygen atoms in total. The summed E-state index contributed by atoms with van der Waals surface area (Å²) in [5.41, 5.74) is 2.45. The molecule has 0 aliphatic carbocycles. The summed E-state index contributed by atoms with van der Waals surface area (Å²) in [5, 5.41) is 16.3. The number of aromatic nitrogens is 2. The Balaban J connectivity index is 1.54. The molecule has 0 aliphatic heterocycles. The van der Waals surface area contributed by atoms with Crippen LogP contribution in [0.3, 0.4) is 0 Å². The first kappa shape index (κ1) is 15.6. The van der Waals surface area contributed by atoms with E-state index < -0.39 is 11.8 Å². The lowest BCUT2D eigenvalue weighted by molar-refractivity contribution is -0.132. The zero-order valence-corrected chi connectivity index (χ0v) is 13.5. The van der Waals surface area contributed by atoms with Gasteiger partial charge in [-0.05, 0) is 30.3 Å². The fraction of sp³-hybridized carbons (Fsp3) is 0. The van der Waals surface area contributed by atoms with Gasteiger partial charge in [0, 0.05) is 22.1 Å². The summed E-state index contributed by atoms with van der Waals surface area (Å²) in [6.45, 7) is 0. The Bertz CT molecular complexity index is 1150. The van der Waals surface area contributed by atoms with Crippen LogP contribution < -0.4 is 10.6 Å². The van der Waals surface area contributed by atoms with Gasteiger partial charge in [0.05, 0.1) is 17.4 Å². The van der Waals surface area contributed by atoms with Crippen molar-refractivity contribution in [1.82, 2.24) is 9.97 Å². The lowest BCUT2D eigenvalue weighted by atomic mass is 10.1. The number of hydrogen-bond donors (Lipinski definition) is 4. The van der Waals surface area contributed by atoms with Crippen LogP contribution >= 0.6 is 0 Å². The van der Waals surface area contributed by atoms with Gasteiger partial charge < -0.3 is 20.7 Å². The van der Waals surface area contributed by atoms with Crippen LogP contribution in [-0.2, 0) is 9.59 Å². The molecule has 0 bridgehead atoms. The van der Waals surface area contributed by atoms with Crippen LogP contribution in [-0.4, -0.2) is 26.9 Å². The summed E-state index contributed by atoms with van der Waals surface area (Å²) < 4.78 is 0. The predicted molar refractivity (Wildman–Crippen MR) is 99.0 cm³/mol. The molecule has 3 aromatic carbocycles. The highest BCUT2D eigenvalue weighted by atomic mass is 16.3. The van der Waals surface area contributed by atoms with Crippen LogP contribution in [0.25, 0.3) is 21.8 Å². The van der Waals surface area contributed by atoms with Crippen LogP contribution in [0.1, 0.15) is 0 Å². The number of aromatic hydroxyl groups is 1. The van der Waals surface area contributed by atoms with Gasteiger partial charge in [-0.1, -0.05) is 24.3 Å². The third-order valence-electron chi connectivity index (χ3n) is 4.03. The zero-order chi connectivity index (χ0) is 18.1. The first-order valence-electron chi connectivity index (χ1n) is 7.88. The molecule has 26 heavy (non-hydrogen) atoms. The van der Waals surface area contributed by atoms with E-state index in [1.54, 1.807) is 60.9 Å². The van der Waals surface area contributed by atoms with Gasteiger partial charge in [0.2, 0.25) is 0 Å². The van der Waals surface area contributed by atoms with Crippen LogP contribution in [0.2, 0.25) is 0 Å². The number of aromatic amines is 1. The molecule has 0 fully saturated rings. The van der Waals surface area contributed by atoms with E-state index in [2.05, 4.69) is 20.6 Å². The monoisotopic (exact) mass is 346 g/mol. The van der Waals surface area contributed by atoms with Gasteiger partial charge in [-0.15, -0.1) is 0 Å². The van der Waals surface area contributed by atoms with Gasteiger partial charge in [0.1, 0.15) is 5.75 Å². The second kappa shape index (κ2) is 6.21. The predicted octanol–water partition coefficient (Wildman–Crippen LogP) is 3.00. The van der Waals surface area contributed by atoms with Gasteiger partial charge in [-0.25, -0.2) is 4.98 Å². The Morgan fingerprint density at radius 1 is 0.923 bits per heavy atom. The van der Waals surface area contributed by atoms with Crippen LogP contribution in [0, 0.1) is 0 Å². The van der Waals surface area contributed by atoms with E-state index in [0.29, 0.717) is 22.1 Å². The standard InChI is InChI=1S/C19H14N4O3/c24-17-6-2-3-12-13(17)4-1-5-14(12)23-19(26)18(25)22-11-7-8-15-16(9-11)21-10-20-15/h1-10,24H,(H,20,21)(H,22,25)(H,23,26). The molecule has 1 heterocycles. The van der Waals surface area contributed by atoms with Crippen molar-refractivity contribution in [2.45, 2.75) is 0 Å². The van der Waals surface area contributed by atoms with Crippen molar-refractivity contribution in [3.05, 3.63) is 60.9 Å². The summed E-state index contributed by atoms with van der Waals surface area (Å²) in [4.78, 5) is 31.5. The number of amides is 2. The minimum absolute atomic E-state index is 0.107. The fourth-order valence-electron chi connectivity index (χ4n) is 2.78. The van der Waals surface area contributed by atoms with Gasteiger partial charge in [0.25, 0.3) is 0 Å². The van der Waals surface area contributed by atoms with Crippen molar-refractivity contribution in [3.63, 3.8) is 0 Å². The molecule has 0 unspecified atom stereocenters. The highest BCUT2D eigenvalue weighted by Gasteiger charge is 2.16. The largest absolute Gasteiger partial charge is 0.507 e. The molecule has 2 amide bonds. The number of nitrogens with zero attached hydrogens (tertiary/aromatic N) is 1. The molecule has 4 rings (SSSR count). The Hall–Kier alpha value is -3.87. The molecule has 4 N–H and O–H groups in total. The fourth-order valence-corrected chi connectivity index (χ4v) is 2.78. The number of rotatable bonds is 2. The molecule has 128 valence electrons. The van der Waals surface area contributed by atoms with E-state index in [-0.39, 0.29) is 5.75 Å². The molecule has 0 aliphatic rings. The lowest BCUT2D eigenvalue weighted by Crippen LogP contribution is -2.29. The van der Waals surface area contributed by atoms with Gasteiger partial charge >= 0.3 is 11.8 Å². The number of phenols is 1. The van der Waals surface area contributed by atoms with E-state index in [4.69, 9.17) is 0 Å². The molecule has 7 heteroatoms. The number of carbonyl (C=O) groups is 2. The lowest BCUT2D eigenvalue weighted by Gasteiger charge is -2.10. The van der Waals surface area contributed by atoms with Crippen LogP contribution in [0.5, 0.6) is 5.75 Å². The van der Waals surface area contributed by atoms with E-state index in [1.807, 2.05) is 0 Å². The summed E-state index contributed by atoms with van der Waals surface area (Å²) in [6, 6.07) is 15.2. The SMILES string of the molecule is O=C(Nc1ccc2nc[nH]c2c1)C(=O)Nc1cccc2c(O)cccc12. The molecule has 4 aromatic rings. The smallest absolute Gasteiger partial charge is 0.314 e. The normalized spacial score (nSPS) is 10.8. The van der Waals surface area contributed by atoms with Crippen molar-refractivity contribution >= 4 is 45.0 Å². The number of imidazole rings is 1. The number of H-pyrrole nitrogens is 1. The van der Waals surface area contributed by atoms with Gasteiger partial charge in [-0.2, -0.15) is 0 Å². The number of benzene rings is 3. The summed E-state index contributed by atoms with van der Waals surface area (Å²) in [6.07, 6.45) is 1.55. The number of anilines is 2. The van der Waals surface area contributed by atoms with Gasteiger partial charge in [-0.3, -0.25) is 9.59 Å². The summed E-state index contributed by atoms with van der Waals surface area (Å²) in [7, 11) is 0. The quantitative estimate of drug-likeness (QED) is 0.419. The third-order valence-corrected chi connectivity index (χ3v) is 4.03. The number of phenolic OH excluding ortho intramolecular Hbond substituents is 1. The maximum Gasteiger partial charge on any atom is 0.314 e. The molecule has 1 aromatic heterocycles. The summed E-state index contributed by atoms with van der Waals surface area (Å²) in [5.74, 6) is -1.48. The molecular weight excluding hydrogens is 332 g/mol. The van der Waals surface area contributed by atoms with Crippen molar-refractivity contribution < 1.29 is 14.7 Å². The number of nitrogens with one attached hydrogen (secondary N) is 3. The Morgan fingerprint density at radius 3 is 2.58 bits per heavy atom. The minimum atomic E-state index is -0.800. The summed E-state index contributed by atoms with van der Waals surface area (Å²) >= 11 is 0. The Morgan fingerprint density at radius 2 is 1.69 bits per heavy atom. The maximum atomic E-state index is 12.3. The first-order chi connectivity index (χ1) is 12.6. The average molecular weight is 346 g/mol. The molecule has 0 saturated heterocycles. The molecule has 0 spiro atoms. The first-order valence-corrected chi connectivity index (χ1v) is 7.88. The second-order valence-electron chi connectivity index (χ2n) is 5.72.